The first-order valence-electron chi connectivity index (χ1n) is 7.69. The second-order valence-corrected chi connectivity index (χ2v) is 4.98. The van der Waals surface area contributed by atoms with E-state index in [4.69, 9.17) is 18.9 Å². The van der Waals surface area contributed by atoms with Crippen LogP contribution in [-0.4, -0.2) is 54.1 Å². The van der Waals surface area contributed by atoms with Crippen LogP contribution in [0.4, 0.5) is 11.6 Å². The molecule has 10 nitrogen and oxygen atoms in total. The summed E-state index contributed by atoms with van der Waals surface area (Å²) in [5.74, 6) is -0.210. The van der Waals surface area contributed by atoms with Gasteiger partial charge in [-0.15, -0.1) is 5.10 Å². The minimum atomic E-state index is -0.653. The second kappa shape index (κ2) is 9.37. The number of carbonyl (C=O) groups is 2. The predicted octanol–water partition coefficient (Wildman–Crippen LogP) is 1.35. The lowest BCUT2D eigenvalue weighted by atomic mass is 10.3. The van der Waals surface area contributed by atoms with Crippen LogP contribution in [0.15, 0.2) is 24.3 Å². The van der Waals surface area contributed by atoms with Crippen molar-refractivity contribution in [3.63, 3.8) is 0 Å². The molecule has 1 aromatic carbocycles. The molecule has 0 aliphatic heterocycles. The van der Waals surface area contributed by atoms with E-state index in [0.717, 1.165) is 0 Å². The highest BCUT2D eigenvalue weighted by Gasteiger charge is 2.18. The molecule has 26 heavy (non-hydrogen) atoms. The molecular weight excluding hydrogens is 344 g/mol. The number of esters is 2. The Hall–Kier alpha value is -3.14. The normalized spacial score (nSPS) is 10.3. The molecule has 2 rings (SSSR count). The molecule has 0 fully saturated rings. The quantitative estimate of drug-likeness (QED) is 0.520. The van der Waals surface area contributed by atoms with Crippen molar-refractivity contribution < 1.29 is 28.5 Å². The topological polar surface area (TPSA) is 114 Å². The second-order valence-electron chi connectivity index (χ2n) is 4.98. The number of hydrogen-bond donors (Lipinski definition) is 1. The molecule has 0 aliphatic rings. The van der Waals surface area contributed by atoms with Gasteiger partial charge in [-0.05, 0) is 12.1 Å². The van der Waals surface area contributed by atoms with Crippen LogP contribution in [0.3, 0.4) is 0 Å². The van der Waals surface area contributed by atoms with E-state index in [-0.39, 0.29) is 31.7 Å². The van der Waals surface area contributed by atoms with E-state index in [9.17, 15) is 9.59 Å². The first-order valence-corrected chi connectivity index (χ1v) is 7.69. The summed E-state index contributed by atoms with van der Waals surface area (Å²) in [6.45, 7) is 1.51. The van der Waals surface area contributed by atoms with E-state index in [1.807, 2.05) is 0 Å². The van der Waals surface area contributed by atoms with Crippen LogP contribution < -0.4 is 10.1 Å². The van der Waals surface area contributed by atoms with Gasteiger partial charge in [0.15, 0.2) is 0 Å². The van der Waals surface area contributed by atoms with Crippen LogP contribution in [0.2, 0.25) is 0 Å². The Bertz CT molecular complexity index is 761. The van der Waals surface area contributed by atoms with Crippen LogP contribution >= 0.6 is 0 Å². The Morgan fingerprint density at radius 3 is 2.73 bits per heavy atom. The average Bonchev–Trinajstić information content (AvgIpc) is 3.03. The summed E-state index contributed by atoms with van der Waals surface area (Å²) >= 11 is 0. The molecular formula is C16H20N4O6. The lowest BCUT2D eigenvalue weighted by Gasteiger charge is -2.06. The largest absolute Gasteiger partial charge is 0.497 e. The standard InChI is InChI=1S/C16H20N4O6/c1-11(21)26-8-7-25-10-20-14(15(22)24-3)18-16(19-20)17-12-5-4-6-13(9-12)23-2/h4-6,9H,7-8,10H2,1-3H3,(H,17,19). The van der Waals surface area contributed by atoms with Gasteiger partial charge in [-0.25, -0.2) is 9.48 Å². The monoisotopic (exact) mass is 364 g/mol. The Labute approximate surface area is 150 Å². The summed E-state index contributed by atoms with van der Waals surface area (Å²) in [7, 11) is 2.81. The lowest BCUT2D eigenvalue weighted by molar-refractivity contribution is -0.142. The molecule has 0 saturated heterocycles. The molecule has 0 unspecified atom stereocenters. The maximum Gasteiger partial charge on any atom is 0.375 e. The van der Waals surface area contributed by atoms with E-state index < -0.39 is 11.9 Å². The SMILES string of the molecule is COC(=O)c1nc(Nc2cccc(OC)c2)nn1COCCOC(C)=O. The number of rotatable bonds is 9. The van der Waals surface area contributed by atoms with Gasteiger partial charge in [-0.3, -0.25) is 4.79 Å². The molecule has 0 radical (unpaired) electrons. The van der Waals surface area contributed by atoms with Gasteiger partial charge in [0.1, 0.15) is 19.1 Å². The van der Waals surface area contributed by atoms with Gasteiger partial charge in [0.25, 0.3) is 0 Å². The Morgan fingerprint density at radius 1 is 1.23 bits per heavy atom. The van der Waals surface area contributed by atoms with E-state index in [1.54, 1.807) is 31.4 Å². The fraction of sp³-hybridized carbons (Fsp3) is 0.375. The number of hydrogen-bond acceptors (Lipinski definition) is 9. The van der Waals surface area contributed by atoms with Gasteiger partial charge >= 0.3 is 11.9 Å². The van der Waals surface area contributed by atoms with Crippen molar-refractivity contribution in [3.8, 4) is 5.75 Å². The summed E-state index contributed by atoms with van der Waals surface area (Å²) in [5.41, 5.74) is 0.689. The summed E-state index contributed by atoms with van der Waals surface area (Å²) in [5, 5.41) is 7.16. The number of nitrogens with zero attached hydrogens (tertiary/aromatic N) is 3. The maximum absolute atomic E-state index is 11.9. The summed E-state index contributed by atoms with van der Waals surface area (Å²) in [6.07, 6.45) is 0. The number of aromatic nitrogens is 3. The highest BCUT2D eigenvalue weighted by atomic mass is 16.6. The van der Waals surface area contributed by atoms with Crippen LogP contribution in [0.5, 0.6) is 5.75 Å². The third kappa shape index (κ3) is 5.45. The van der Waals surface area contributed by atoms with E-state index in [0.29, 0.717) is 11.4 Å². The lowest BCUT2D eigenvalue weighted by Crippen LogP contribution is -2.16. The Balaban J connectivity index is 2.06. The van der Waals surface area contributed by atoms with Gasteiger partial charge in [-0.2, -0.15) is 4.98 Å². The average molecular weight is 364 g/mol. The summed E-state index contributed by atoms with van der Waals surface area (Å²) < 4.78 is 21.2. The number of benzene rings is 1. The van der Waals surface area contributed by atoms with Crippen molar-refractivity contribution in [1.29, 1.82) is 0 Å². The van der Waals surface area contributed by atoms with Crippen LogP contribution in [0.1, 0.15) is 17.5 Å². The minimum Gasteiger partial charge on any atom is -0.497 e. The molecule has 2 aromatic rings. The Morgan fingerprint density at radius 2 is 2.04 bits per heavy atom. The molecule has 0 atom stereocenters. The van der Waals surface area contributed by atoms with Gasteiger partial charge in [0.2, 0.25) is 11.8 Å². The van der Waals surface area contributed by atoms with Crippen molar-refractivity contribution in [2.24, 2.45) is 0 Å². The van der Waals surface area contributed by atoms with Crippen molar-refractivity contribution in [1.82, 2.24) is 14.8 Å². The minimum absolute atomic E-state index is 0.0228. The Kier molecular flexibility index (Phi) is 6.92. The van der Waals surface area contributed by atoms with Crippen molar-refractivity contribution >= 4 is 23.6 Å². The number of ether oxygens (including phenoxy) is 4. The first-order chi connectivity index (χ1) is 12.5. The highest BCUT2D eigenvalue weighted by Crippen LogP contribution is 2.19. The molecule has 1 aromatic heterocycles. The van der Waals surface area contributed by atoms with Gasteiger partial charge in [-0.1, -0.05) is 6.07 Å². The first kappa shape index (κ1) is 19.2. The van der Waals surface area contributed by atoms with E-state index in [1.165, 1.54) is 18.7 Å². The smallest absolute Gasteiger partial charge is 0.375 e. The van der Waals surface area contributed by atoms with Gasteiger partial charge in [0.05, 0.1) is 20.8 Å². The van der Waals surface area contributed by atoms with Crippen LogP contribution in [-0.2, 0) is 25.7 Å². The zero-order valence-electron chi connectivity index (χ0n) is 14.7. The molecule has 1 heterocycles. The number of carbonyl (C=O) groups excluding carboxylic acids is 2. The molecule has 0 saturated carbocycles. The number of nitrogens with one attached hydrogen (secondary N) is 1. The zero-order valence-corrected chi connectivity index (χ0v) is 14.7. The molecule has 10 heteroatoms. The number of methoxy groups -OCH3 is 2. The van der Waals surface area contributed by atoms with E-state index in [2.05, 4.69) is 15.4 Å². The van der Waals surface area contributed by atoms with Crippen molar-refractivity contribution in [3.05, 3.63) is 30.1 Å². The molecule has 140 valence electrons. The third-order valence-electron chi connectivity index (χ3n) is 3.11. The van der Waals surface area contributed by atoms with Gasteiger partial charge < -0.3 is 24.3 Å². The van der Waals surface area contributed by atoms with Gasteiger partial charge in [0, 0.05) is 18.7 Å². The summed E-state index contributed by atoms with van der Waals surface area (Å²) in [4.78, 5) is 26.7. The summed E-state index contributed by atoms with van der Waals surface area (Å²) in [6, 6.07) is 7.16. The highest BCUT2D eigenvalue weighted by molar-refractivity contribution is 5.85. The van der Waals surface area contributed by atoms with Crippen molar-refractivity contribution in [2.45, 2.75) is 13.7 Å². The van der Waals surface area contributed by atoms with Crippen LogP contribution in [0, 0.1) is 0 Å². The van der Waals surface area contributed by atoms with Crippen LogP contribution in [0.25, 0.3) is 0 Å². The molecule has 0 amide bonds. The predicted molar refractivity (Wildman–Crippen MR) is 90.2 cm³/mol. The van der Waals surface area contributed by atoms with Crippen molar-refractivity contribution in [2.75, 3.05) is 32.8 Å². The maximum atomic E-state index is 11.9. The molecule has 1 N–H and O–H groups in total. The van der Waals surface area contributed by atoms with E-state index >= 15 is 0 Å². The number of anilines is 2. The fourth-order valence-electron chi connectivity index (χ4n) is 1.95. The molecule has 0 bridgehead atoms. The third-order valence-corrected chi connectivity index (χ3v) is 3.11. The molecule has 0 spiro atoms. The molecule has 0 aliphatic carbocycles. The fourth-order valence-corrected chi connectivity index (χ4v) is 1.95. The zero-order chi connectivity index (χ0) is 18.9.